The van der Waals surface area contributed by atoms with Gasteiger partial charge >= 0.3 is 148 Å². The van der Waals surface area contributed by atoms with Crippen LogP contribution in [0.4, 0.5) is 0 Å². The summed E-state index contributed by atoms with van der Waals surface area (Å²) in [6.07, 6.45) is -4.08. The molecule has 0 radical (unpaired) electrons. The van der Waals surface area contributed by atoms with E-state index in [-0.39, 0.29) is 15.8 Å². The van der Waals surface area contributed by atoms with Gasteiger partial charge in [0.15, 0.2) is 0 Å². The molecule has 2 heterocycles. The van der Waals surface area contributed by atoms with Crippen molar-refractivity contribution >= 4 is 26.2 Å². The van der Waals surface area contributed by atoms with E-state index in [2.05, 4.69) is 4.98 Å². The predicted molar refractivity (Wildman–Crippen MR) is 86.1 cm³/mol. The first-order valence-electron chi connectivity index (χ1n) is 7.41. The van der Waals surface area contributed by atoms with Crippen LogP contribution in [0.2, 0.25) is 0 Å². The molecular weight excluding hydrogens is 395 g/mol. The van der Waals surface area contributed by atoms with E-state index in [0.717, 1.165) is 0 Å². The zero-order valence-corrected chi connectivity index (χ0v) is 14.6. The number of aliphatic hydroxyl groups excluding tert-OH is 2. The monoisotopic (exact) mass is 412 g/mol. The number of nitrogens with two attached hydrogens (primary N) is 1. The molecule has 1 aromatic carbocycles. The first-order chi connectivity index (χ1) is 11.9. The quantitative estimate of drug-likeness (QED) is 0.352. The Balaban J connectivity index is 2.05. The van der Waals surface area contributed by atoms with Crippen LogP contribution in [-0.4, -0.2) is 70.9 Å². The number of benzene rings is 1. The van der Waals surface area contributed by atoms with Gasteiger partial charge in [-0.1, -0.05) is 0 Å². The number of Topliss-reactive ketones (excluding diaryl/α,β-unsaturated/α-hetero) is 1. The number of hydrogen-bond acceptors (Lipinski definition) is 7. The number of aromatic nitrogens is 1. The van der Waals surface area contributed by atoms with Crippen molar-refractivity contribution in [2.45, 2.75) is 23.9 Å². The van der Waals surface area contributed by atoms with Crippen molar-refractivity contribution in [2.75, 3.05) is 6.61 Å². The molecule has 1 saturated heterocycles. The van der Waals surface area contributed by atoms with Gasteiger partial charge in [0.1, 0.15) is 0 Å². The maximum absolute atomic E-state index is 12.9. The van der Waals surface area contributed by atoms with E-state index in [4.69, 9.17) is 10.5 Å². The SMILES string of the molecule is NC(=O)c1c[se]c([C@@H]2O[C@H](CO)[C@@H](O)[C@]2(O)C(=O)c2ccccc2)n1. The van der Waals surface area contributed by atoms with E-state index in [1.54, 1.807) is 18.2 Å². The fraction of sp³-hybridized carbons (Fsp3) is 0.312. The van der Waals surface area contributed by atoms with Crippen LogP contribution in [0.3, 0.4) is 0 Å². The molecule has 1 aliphatic rings. The van der Waals surface area contributed by atoms with Crippen molar-refractivity contribution in [1.82, 2.24) is 4.98 Å². The molecule has 25 heavy (non-hydrogen) atoms. The molecule has 0 aliphatic carbocycles. The summed E-state index contributed by atoms with van der Waals surface area (Å²) < 4.78 is 5.77. The van der Waals surface area contributed by atoms with Crippen LogP contribution >= 0.6 is 0 Å². The average Bonchev–Trinajstić information content (AvgIpc) is 3.20. The van der Waals surface area contributed by atoms with Crippen molar-refractivity contribution in [3.8, 4) is 0 Å². The van der Waals surface area contributed by atoms with Crippen molar-refractivity contribution < 1.29 is 29.6 Å². The standard InChI is InChI=1S/C16H16N2O6Se/c17-14(22)9-7-25-15(18-9)13-16(23,12(21)10(6-19)24-13)11(20)8-4-2-1-3-5-8/h1-5,7,10,12-13,19,21,23H,6H2,(H2,17,22)/t10-,12-,13+,16-/m1/s1. The summed E-state index contributed by atoms with van der Waals surface area (Å²) >= 11 is -0.482. The van der Waals surface area contributed by atoms with Gasteiger partial charge in [0, 0.05) is 0 Å². The molecule has 0 bridgehead atoms. The van der Waals surface area contributed by atoms with Gasteiger partial charge in [0.25, 0.3) is 0 Å². The van der Waals surface area contributed by atoms with Gasteiger partial charge in [-0.3, -0.25) is 0 Å². The van der Waals surface area contributed by atoms with E-state index >= 15 is 0 Å². The second kappa shape index (κ2) is 6.80. The number of rotatable bonds is 5. The first kappa shape index (κ1) is 17.9. The second-order valence-electron chi connectivity index (χ2n) is 5.64. The fourth-order valence-electron chi connectivity index (χ4n) is 2.78. The van der Waals surface area contributed by atoms with Crippen LogP contribution in [0.15, 0.2) is 35.3 Å². The van der Waals surface area contributed by atoms with Gasteiger partial charge in [0.2, 0.25) is 0 Å². The minimum atomic E-state index is -2.32. The Morgan fingerprint density at radius 2 is 2.00 bits per heavy atom. The Labute approximate surface area is 148 Å². The van der Waals surface area contributed by atoms with Gasteiger partial charge in [-0.05, 0) is 0 Å². The molecular formula is C16H16N2O6Se. The average molecular weight is 411 g/mol. The third-order valence-electron chi connectivity index (χ3n) is 4.09. The zero-order chi connectivity index (χ0) is 18.2. The third-order valence-corrected chi connectivity index (χ3v) is 5.96. The molecule has 1 fully saturated rings. The maximum atomic E-state index is 12.9. The molecule has 2 aromatic rings. The predicted octanol–water partition coefficient (Wildman–Crippen LogP) is -1.36. The second-order valence-corrected chi connectivity index (χ2v) is 7.50. The van der Waals surface area contributed by atoms with Crippen LogP contribution in [0, 0.1) is 0 Å². The van der Waals surface area contributed by atoms with E-state index in [1.807, 2.05) is 0 Å². The number of ketones is 1. The van der Waals surface area contributed by atoms with E-state index < -0.39 is 56.7 Å². The van der Waals surface area contributed by atoms with Gasteiger partial charge in [-0.25, -0.2) is 0 Å². The van der Waals surface area contributed by atoms with E-state index in [9.17, 15) is 24.9 Å². The zero-order valence-electron chi connectivity index (χ0n) is 12.9. The number of aliphatic hydroxyl groups is 3. The Morgan fingerprint density at radius 1 is 1.32 bits per heavy atom. The summed E-state index contributed by atoms with van der Waals surface area (Å²) in [5, 5.41) is 30.9. The van der Waals surface area contributed by atoms with Crippen LogP contribution < -0.4 is 5.73 Å². The van der Waals surface area contributed by atoms with Crippen molar-refractivity contribution in [2.24, 2.45) is 5.73 Å². The van der Waals surface area contributed by atoms with Crippen LogP contribution in [-0.2, 0) is 4.74 Å². The number of hydrogen-bond donors (Lipinski definition) is 4. The van der Waals surface area contributed by atoms with Crippen molar-refractivity contribution in [1.29, 1.82) is 0 Å². The Bertz CT molecular complexity index is 795. The molecule has 1 amide bonds. The number of carbonyl (C=O) groups excluding carboxylic acids is 2. The molecule has 0 unspecified atom stereocenters. The molecule has 3 rings (SSSR count). The Kier molecular flexibility index (Phi) is 4.88. The topological polar surface area (TPSA) is 143 Å². The number of primary amides is 1. The first-order valence-corrected chi connectivity index (χ1v) is 9.26. The Morgan fingerprint density at radius 3 is 2.56 bits per heavy atom. The molecule has 1 aliphatic heterocycles. The van der Waals surface area contributed by atoms with Gasteiger partial charge < -0.3 is 0 Å². The van der Waals surface area contributed by atoms with Gasteiger partial charge in [-0.15, -0.1) is 0 Å². The van der Waals surface area contributed by atoms with Gasteiger partial charge in [-0.2, -0.15) is 0 Å². The molecule has 4 atom stereocenters. The van der Waals surface area contributed by atoms with Crippen molar-refractivity contribution in [3.05, 3.63) is 51.1 Å². The molecule has 5 N–H and O–H groups in total. The van der Waals surface area contributed by atoms with Crippen molar-refractivity contribution in [3.63, 3.8) is 0 Å². The number of ether oxygens (including phenoxy) is 1. The molecule has 132 valence electrons. The fourth-order valence-corrected chi connectivity index (χ4v) is 4.69. The summed E-state index contributed by atoms with van der Waals surface area (Å²) in [6.45, 7) is -0.585. The summed E-state index contributed by atoms with van der Waals surface area (Å²) in [6, 6.07) is 7.97. The van der Waals surface area contributed by atoms with Crippen LogP contribution in [0.5, 0.6) is 0 Å². The summed E-state index contributed by atoms with van der Waals surface area (Å²) in [4.78, 5) is 29.7. The molecule has 8 nitrogen and oxygen atoms in total. The van der Waals surface area contributed by atoms with E-state index in [1.165, 1.54) is 17.1 Å². The van der Waals surface area contributed by atoms with Gasteiger partial charge in [0.05, 0.1) is 0 Å². The summed E-state index contributed by atoms with van der Waals surface area (Å²) in [7, 11) is 0. The number of nitrogens with zero attached hydrogens (tertiary/aromatic N) is 1. The summed E-state index contributed by atoms with van der Waals surface area (Å²) in [5.74, 6) is -1.47. The minimum absolute atomic E-state index is 0.0232. The number of amides is 1. The molecule has 0 saturated carbocycles. The van der Waals surface area contributed by atoms with Crippen LogP contribution in [0.1, 0.15) is 31.5 Å². The number of carbonyl (C=O) groups is 2. The molecule has 9 heteroatoms. The van der Waals surface area contributed by atoms with E-state index in [0.29, 0.717) is 0 Å². The summed E-state index contributed by atoms with van der Waals surface area (Å²) in [5.41, 5.74) is 3.08. The normalized spacial score (nSPS) is 28.8. The molecule has 1 aromatic heterocycles. The Hall–Kier alpha value is -1.87. The molecule has 0 spiro atoms. The third kappa shape index (κ3) is 2.95. The van der Waals surface area contributed by atoms with Crippen LogP contribution in [0.25, 0.3) is 0 Å².